The number of carbonyl (C=O) groups excluding carboxylic acids is 2. The van der Waals surface area contributed by atoms with Crippen LogP contribution >= 0.6 is 11.6 Å². The zero-order valence-electron chi connectivity index (χ0n) is 12.5. The summed E-state index contributed by atoms with van der Waals surface area (Å²) in [6, 6.07) is 9.59. The molecule has 1 aromatic carbocycles. The van der Waals surface area contributed by atoms with Gasteiger partial charge in [-0.1, -0.05) is 41.9 Å². The van der Waals surface area contributed by atoms with E-state index < -0.39 is 5.97 Å². The zero-order valence-corrected chi connectivity index (χ0v) is 13.2. The molecule has 0 saturated carbocycles. The van der Waals surface area contributed by atoms with Gasteiger partial charge in [-0.05, 0) is 19.4 Å². The van der Waals surface area contributed by atoms with Gasteiger partial charge < -0.3 is 9.30 Å². The van der Waals surface area contributed by atoms with E-state index in [1.165, 1.54) is 13.3 Å². The van der Waals surface area contributed by atoms with Crippen molar-refractivity contribution in [1.82, 2.24) is 9.55 Å². The number of ether oxygens (including phenoxy) is 1. The number of ketones is 1. The molecule has 2 aromatic rings. The molecule has 22 heavy (non-hydrogen) atoms. The van der Waals surface area contributed by atoms with Crippen LogP contribution in [0.5, 0.6) is 0 Å². The summed E-state index contributed by atoms with van der Waals surface area (Å²) in [7, 11) is 0. The van der Waals surface area contributed by atoms with Gasteiger partial charge in [0.25, 0.3) is 0 Å². The maximum Gasteiger partial charge on any atom is 0.358 e. The van der Waals surface area contributed by atoms with E-state index in [0.717, 1.165) is 5.56 Å². The molecule has 0 saturated heterocycles. The highest BCUT2D eigenvalue weighted by atomic mass is 35.5. The Bertz CT molecular complexity index is 667. The number of halogens is 1. The zero-order chi connectivity index (χ0) is 16.1. The molecule has 0 aliphatic carbocycles. The first kappa shape index (κ1) is 16.2. The highest BCUT2D eigenvalue weighted by molar-refractivity contribution is 6.32. The Labute approximate surface area is 133 Å². The minimum atomic E-state index is -0.577. The number of hydrogen-bond donors (Lipinski definition) is 0. The van der Waals surface area contributed by atoms with Gasteiger partial charge in [0.15, 0.2) is 10.8 Å². The molecule has 0 unspecified atom stereocenters. The summed E-state index contributed by atoms with van der Waals surface area (Å²) in [4.78, 5) is 27.1. The van der Waals surface area contributed by atoms with E-state index in [1.807, 2.05) is 37.3 Å². The molecule has 0 spiro atoms. The van der Waals surface area contributed by atoms with Gasteiger partial charge in [0, 0.05) is 6.42 Å². The summed E-state index contributed by atoms with van der Waals surface area (Å²) in [5.41, 5.74) is 1.22. The van der Waals surface area contributed by atoms with Crippen molar-refractivity contribution in [3.05, 3.63) is 53.1 Å². The first-order valence-electron chi connectivity index (χ1n) is 6.94. The second-order valence-corrected chi connectivity index (χ2v) is 5.32. The Kier molecular flexibility index (Phi) is 5.33. The number of hydrogen-bond acceptors (Lipinski definition) is 4. The quantitative estimate of drug-likeness (QED) is 0.766. The van der Waals surface area contributed by atoms with E-state index >= 15 is 0 Å². The second kappa shape index (κ2) is 7.22. The third-order valence-corrected chi connectivity index (χ3v) is 3.61. The van der Waals surface area contributed by atoms with E-state index in [-0.39, 0.29) is 35.7 Å². The Hall–Kier alpha value is -2.14. The first-order chi connectivity index (χ1) is 10.5. The van der Waals surface area contributed by atoms with Crippen molar-refractivity contribution < 1.29 is 14.3 Å². The van der Waals surface area contributed by atoms with Crippen molar-refractivity contribution in [2.24, 2.45) is 0 Å². The van der Waals surface area contributed by atoms with Crippen LogP contribution in [0.25, 0.3) is 0 Å². The molecule has 0 aliphatic heterocycles. The molecule has 6 heteroatoms. The summed E-state index contributed by atoms with van der Waals surface area (Å²) in [5, 5.41) is 0.0932. The Morgan fingerprint density at radius 1 is 1.32 bits per heavy atom. The molecule has 1 heterocycles. The molecule has 116 valence electrons. The van der Waals surface area contributed by atoms with E-state index in [2.05, 4.69) is 4.98 Å². The predicted molar refractivity (Wildman–Crippen MR) is 83.1 cm³/mol. The van der Waals surface area contributed by atoms with Gasteiger partial charge in [0.1, 0.15) is 5.78 Å². The van der Waals surface area contributed by atoms with Crippen LogP contribution in [0.3, 0.4) is 0 Å². The summed E-state index contributed by atoms with van der Waals surface area (Å²) in [5.74, 6) is -0.614. The van der Waals surface area contributed by atoms with Crippen molar-refractivity contribution in [3.63, 3.8) is 0 Å². The number of Topliss-reactive ketones (excluding diaryl/α,β-unsaturated/α-hetero) is 1. The lowest BCUT2D eigenvalue weighted by Crippen LogP contribution is -2.17. The largest absolute Gasteiger partial charge is 0.460 e. The Morgan fingerprint density at radius 3 is 2.64 bits per heavy atom. The number of imidazole rings is 1. The van der Waals surface area contributed by atoms with E-state index in [0.29, 0.717) is 0 Å². The average Bonchev–Trinajstić information content (AvgIpc) is 2.88. The number of nitrogens with zero attached hydrogens (tertiary/aromatic N) is 2. The number of benzene rings is 1. The standard InChI is InChI=1S/C16H17ClN2O3/c1-11(20)8-9-22-16(21)14-15(17)18-10-19(14)12(2)13-6-4-3-5-7-13/h3-7,10,12H,8-9H2,1-2H3/t12-/m1/s1. The fraction of sp³-hybridized carbons (Fsp3) is 0.312. The maximum absolute atomic E-state index is 12.2. The molecule has 0 bridgehead atoms. The third-order valence-electron chi connectivity index (χ3n) is 3.33. The van der Waals surface area contributed by atoms with Gasteiger partial charge in [-0.3, -0.25) is 4.79 Å². The average molecular weight is 321 g/mol. The lowest BCUT2D eigenvalue weighted by Gasteiger charge is -2.16. The molecular weight excluding hydrogens is 304 g/mol. The summed E-state index contributed by atoms with van der Waals surface area (Å²) in [6.45, 7) is 3.43. The monoisotopic (exact) mass is 320 g/mol. The van der Waals surface area contributed by atoms with Gasteiger partial charge in [-0.25, -0.2) is 9.78 Å². The lowest BCUT2D eigenvalue weighted by atomic mass is 10.1. The third kappa shape index (κ3) is 3.74. The van der Waals surface area contributed by atoms with Crippen LogP contribution in [0.2, 0.25) is 5.15 Å². The molecule has 1 aromatic heterocycles. The highest BCUT2D eigenvalue weighted by Gasteiger charge is 2.22. The highest BCUT2D eigenvalue weighted by Crippen LogP contribution is 2.24. The van der Waals surface area contributed by atoms with Gasteiger partial charge in [-0.2, -0.15) is 0 Å². The number of aromatic nitrogens is 2. The molecule has 2 rings (SSSR count). The van der Waals surface area contributed by atoms with E-state index in [1.54, 1.807) is 4.57 Å². The smallest absolute Gasteiger partial charge is 0.358 e. The Morgan fingerprint density at radius 2 is 2.00 bits per heavy atom. The van der Waals surface area contributed by atoms with Crippen LogP contribution in [0.15, 0.2) is 36.7 Å². The predicted octanol–water partition coefficient (Wildman–Crippen LogP) is 3.28. The van der Waals surface area contributed by atoms with Crippen molar-refractivity contribution in [2.45, 2.75) is 26.3 Å². The van der Waals surface area contributed by atoms with Gasteiger partial charge in [0.05, 0.1) is 19.0 Å². The van der Waals surface area contributed by atoms with Gasteiger partial charge in [-0.15, -0.1) is 0 Å². The SMILES string of the molecule is CC(=O)CCOC(=O)c1c(Cl)ncn1[C@H](C)c1ccccc1. The van der Waals surface area contributed by atoms with Crippen molar-refractivity contribution in [3.8, 4) is 0 Å². The van der Waals surface area contributed by atoms with Crippen LogP contribution in [-0.2, 0) is 9.53 Å². The minimum Gasteiger partial charge on any atom is -0.460 e. The van der Waals surface area contributed by atoms with E-state index in [4.69, 9.17) is 16.3 Å². The van der Waals surface area contributed by atoms with Gasteiger partial charge >= 0.3 is 5.97 Å². The summed E-state index contributed by atoms with van der Waals surface area (Å²) in [6.07, 6.45) is 1.70. The number of rotatable bonds is 6. The molecule has 0 radical (unpaired) electrons. The first-order valence-corrected chi connectivity index (χ1v) is 7.32. The van der Waals surface area contributed by atoms with Crippen molar-refractivity contribution in [2.75, 3.05) is 6.61 Å². The number of carbonyl (C=O) groups is 2. The van der Waals surface area contributed by atoms with Crippen molar-refractivity contribution >= 4 is 23.4 Å². The topological polar surface area (TPSA) is 61.2 Å². The fourth-order valence-corrected chi connectivity index (χ4v) is 2.29. The molecule has 0 aliphatic rings. The van der Waals surface area contributed by atoms with Gasteiger partial charge in [0.2, 0.25) is 0 Å². The fourth-order valence-electron chi connectivity index (χ4n) is 2.07. The van der Waals surface area contributed by atoms with Crippen LogP contribution in [0.1, 0.15) is 42.4 Å². The van der Waals surface area contributed by atoms with Crippen molar-refractivity contribution in [1.29, 1.82) is 0 Å². The van der Waals surface area contributed by atoms with Crippen LogP contribution in [0, 0.1) is 0 Å². The normalized spacial score (nSPS) is 12.0. The second-order valence-electron chi connectivity index (χ2n) is 4.97. The minimum absolute atomic E-state index is 0.0370. The summed E-state index contributed by atoms with van der Waals surface area (Å²) < 4.78 is 6.77. The molecule has 5 nitrogen and oxygen atoms in total. The molecule has 0 amide bonds. The lowest BCUT2D eigenvalue weighted by molar-refractivity contribution is -0.117. The summed E-state index contributed by atoms with van der Waals surface area (Å²) >= 11 is 6.01. The Balaban J connectivity index is 2.20. The van der Waals surface area contributed by atoms with Crippen LogP contribution in [-0.4, -0.2) is 27.9 Å². The van der Waals surface area contributed by atoms with E-state index in [9.17, 15) is 9.59 Å². The molecule has 1 atom stereocenters. The molecule has 0 fully saturated rings. The number of esters is 1. The van der Waals surface area contributed by atoms with Crippen LogP contribution in [0.4, 0.5) is 0 Å². The maximum atomic E-state index is 12.2. The molecular formula is C16H17ClN2O3. The van der Waals surface area contributed by atoms with Crippen LogP contribution < -0.4 is 0 Å². The molecule has 0 N–H and O–H groups in total.